The lowest BCUT2D eigenvalue weighted by Gasteiger charge is -2.40. The molecule has 0 aromatic heterocycles. The zero-order valence-corrected chi connectivity index (χ0v) is 28.9. The number of anilines is 1. The zero-order chi connectivity index (χ0) is 33.9. The summed E-state index contributed by atoms with van der Waals surface area (Å²) in [5.41, 5.74) is 5.05. The van der Waals surface area contributed by atoms with E-state index in [0.717, 1.165) is 66.1 Å². The van der Waals surface area contributed by atoms with E-state index < -0.39 is 5.60 Å². The summed E-state index contributed by atoms with van der Waals surface area (Å²) in [4.78, 5) is 14.9. The van der Waals surface area contributed by atoms with Crippen LogP contribution in [0.3, 0.4) is 0 Å². The molecular formula is C39H52N2O7. The van der Waals surface area contributed by atoms with Crippen molar-refractivity contribution in [1.82, 2.24) is 4.90 Å². The number of rotatable bonds is 14. The molecule has 1 amide bonds. The predicted octanol–water partition coefficient (Wildman–Crippen LogP) is 7.27. The van der Waals surface area contributed by atoms with Crippen LogP contribution in [0, 0.1) is 0 Å². The number of aliphatic hydroxyl groups is 1. The van der Waals surface area contributed by atoms with Crippen LogP contribution in [0.2, 0.25) is 0 Å². The van der Waals surface area contributed by atoms with E-state index in [-0.39, 0.29) is 30.8 Å². The normalized spacial score (nSPS) is 18.4. The van der Waals surface area contributed by atoms with Gasteiger partial charge in [-0.1, -0.05) is 42.5 Å². The lowest BCUT2D eigenvalue weighted by atomic mass is 9.86. The second-order valence-corrected chi connectivity index (χ2v) is 13.6. The largest absolute Gasteiger partial charge is 0.496 e. The summed E-state index contributed by atoms with van der Waals surface area (Å²) in [7, 11) is 1.67. The van der Waals surface area contributed by atoms with Crippen LogP contribution in [0.1, 0.15) is 80.7 Å². The molecule has 0 saturated carbocycles. The van der Waals surface area contributed by atoms with E-state index in [4.69, 9.17) is 23.7 Å². The number of likely N-dealkylation sites (tertiary alicyclic amines) is 1. The number of aliphatic hydroxyl groups excluding tert-OH is 1. The van der Waals surface area contributed by atoms with Crippen LogP contribution in [0.25, 0.3) is 0 Å². The number of para-hydroxylation sites is 1. The number of hydrogen-bond donors (Lipinski definition) is 2. The first kappa shape index (κ1) is 35.5. The minimum atomic E-state index is -0.586. The number of nitrogens with zero attached hydrogens (tertiary/aromatic N) is 1. The Bertz CT molecular complexity index is 1460. The van der Waals surface area contributed by atoms with Crippen molar-refractivity contribution in [3.8, 4) is 11.5 Å². The first-order valence-electron chi connectivity index (χ1n) is 17.3. The highest BCUT2D eigenvalue weighted by Crippen LogP contribution is 2.37. The maximum atomic E-state index is 13.1. The molecule has 0 spiro atoms. The Morgan fingerprint density at radius 1 is 1.06 bits per heavy atom. The molecule has 3 aromatic carbocycles. The third-order valence-corrected chi connectivity index (χ3v) is 8.85. The highest BCUT2D eigenvalue weighted by molar-refractivity contribution is 5.68. The number of carbonyl (C=O) groups is 1. The zero-order valence-electron chi connectivity index (χ0n) is 28.9. The summed E-state index contributed by atoms with van der Waals surface area (Å²) in [6, 6.07) is 22.5. The maximum absolute atomic E-state index is 13.1. The van der Waals surface area contributed by atoms with E-state index in [0.29, 0.717) is 39.3 Å². The Labute approximate surface area is 285 Å². The highest BCUT2D eigenvalue weighted by atomic mass is 16.6. The second-order valence-electron chi connectivity index (χ2n) is 13.6. The molecule has 2 aliphatic rings. The number of benzene rings is 3. The summed E-state index contributed by atoms with van der Waals surface area (Å²) in [6.07, 6.45) is 3.19. The Hall–Kier alpha value is -3.79. The smallest absolute Gasteiger partial charge is 0.410 e. The molecular weight excluding hydrogens is 608 g/mol. The van der Waals surface area contributed by atoms with E-state index in [1.807, 2.05) is 57.2 Å². The van der Waals surface area contributed by atoms with E-state index in [1.165, 1.54) is 5.56 Å². The standard InChI is InChI=1S/C39H52N2O7/c1-39(2,3)48-38(43)41-21-18-33(37(26-41)47-36(19-22-42)30-13-12-29-10-7-20-40-34(29)25-30)28-14-16-32(17-15-28)46-24-8-23-45-27-31-9-5-6-11-35(31)44-4/h5-6,9,11-17,25,33,36-37,40,42H,7-8,10,18-24,26-27H2,1-4H3/t33-,36?,37+/m1/s1. The van der Waals surface area contributed by atoms with Crippen LogP contribution in [0.5, 0.6) is 11.5 Å². The van der Waals surface area contributed by atoms with E-state index in [2.05, 4.69) is 35.6 Å². The molecule has 1 unspecified atom stereocenters. The van der Waals surface area contributed by atoms with E-state index in [9.17, 15) is 9.90 Å². The van der Waals surface area contributed by atoms with Crippen molar-refractivity contribution in [3.63, 3.8) is 0 Å². The first-order valence-corrected chi connectivity index (χ1v) is 17.3. The molecule has 0 radical (unpaired) electrons. The highest BCUT2D eigenvalue weighted by Gasteiger charge is 2.36. The second kappa shape index (κ2) is 17.0. The number of piperidine rings is 1. The fourth-order valence-corrected chi connectivity index (χ4v) is 6.41. The Morgan fingerprint density at radius 2 is 1.88 bits per heavy atom. The average Bonchev–Trinajstić information content (AvgIpc) is 3.09. The summed E-state index contributed by atoms with van der Waals surface area (Å²) in [6.45, 7) is 9.19. The van der Waals surface area contributed by atoms with Crippen LogP contribution in [-0.4, -0.2) is 74.4 Å². The number of amides is 1. The molecule has 3 atom stereocenters. The molecule has 9 heteroatoms. The quantitative estimate of drug-likeness (QED) is 0.174. The fourth-order valence-electron chi connectivity index (χ4n) is 6.41. The minimum absolute atomic E-state index is 0.000129. The number of aryl methyl sites for hydroxylation is 1. The van der Waals surface area contributed by atoms with Gasteiger partial charge in [-0.15, -0.1) is 0 Å². The molecule has 0 bridgehead atoms. The van der Waals surface area contributed by atoms with E-state index in [1.54, 1.807) is 12.0 Å². The first-order chi connectivity index (χ1) is 23.2. The molecule has 3 aromatic rings. The Kier molecular flexibility index (Phi) is 12.6. The van der Waals surface area contributed by atoms with Gasteiger partial charge in [0.2, 0.25) is 0 Å². The lowest BCUT2D eigenvalue weighted by molar-refractivity contribution is -0.0711. The minimum Gasteiger partial charge on any atom is -0.496 e. The van der Waals surface area contributed by atoms with Gasteiger partial charge in [-0.05, 0) is 81.0 Å². The molecule has 5 rings (SSSR count). The van der Waals surface area contributed by atoms with Gasteiger partial charge in [0.1, 0.15) is 17.1 Å². The van der Waals surface area contributed by atoms with Crippen molar-refractivity contribution in [2.75, 3.05) is 51.9 Å². The third kappa shape index (κ3) is 9.87. The van der Waals surface area contributed by atoms with Gasteiger partial charge in [0.05, 0.1) is 45.7 Å². The monoisotopic (exact) mass is 660 g/mol. The molecule has 2 aliphatic heterocycles. The van der Waals surface area contributed by atoms with Crippen molar-refractivity contribution in [2.45, 2.75) is 83.2 Å². The lowest BCUT2D eigenvalue weighted by Crippen LogP contribution is -2.48. The van der Waals surface area contributed by atoms with Crippen molar-refractivity contribution >= 4 is 11.8 Å². The molecule has 2 N–H and O–H groups in total. The van der Waals surface area contributed by atoms with Gasteiger partial charge in [-0.25, -0.2) is 4.79 Å². The van der Waals surface area contributed by atoms with Crippen LogP contribution in [0.15, 0.2) is 66.7 Å². The molecule has 2 heterocycles. The Balaban J connectivity index is 1.22. The van der Waals surface area contributed by atoms with Crippen LogP contribution >= 0.6 is 0 Å². The predicted molar refractivity (Wildman–Crippen MR) is 187 cm³/mol. The maximum Gasteiger partial charge on any atom is 0.410 e. The summed E-state index contributed by atoms with van der Waals surface area (Å²) in [5.74, 6) is 1.68. The number of carbonyl (C=O) groups excluding carboxylic acids is 1. The number of fused-ring (bicyclic) bond motifs is 1. The fraction of sp³-hybridized carbons (Fsp3) is 0.513. The van der Waals surface area contributed by atoms with E-state index >= 15 is 0 Å². The van der Waals surface area contributed by atoms with Crippen LogP contribution in [0.4, 0.5) is 10.5 Å². The SMILES string of the molecule is COc1ccccc1COCCCOc1ccc([C@H]2CCN(C(=O)OC(C)(C)C)C[C@@H]2OC(CCO)c2ccc3c(c2)NCCC3)cc1. The molecule has 48 heavy (non-hydrogen) atoms. The van der Waals surface area contributed by atoms with Crippen molar-refractivity contribution in [3.05, 3.63) is 89.0 Å². The van der Waals surface area contributed by atoms with Crippen molar-refractivity contribution in [2.24, 2.45) is 0 Å². The topological polar surface area (TPSA) is 98.7 Å². The summed E-state index contributed by atoms with van der Waals surface area (Å²) < 4.78 is 29.9. The van der Waals surface area contributed by atoms with Crippen molar-refractivity contribution in [1.29, 1.82) is 0 Å². The van der Waals surface area contributed by atoms with Crippen LogP contribution < -0.4 is 14.8 Å². The number of methoxy groups -OCH3 is 1. The van der Waals surface area contributed by atoms with Gasteiger partial charge < -0.3 is 39.0 Å². The van der Waals surface area contributed by atoms with Gasteiger partial charge in [0, 0.05) is 49.7 Å². The number of hydrogen-bond acceptors (Lipinski definition) is 8. The van der Waals surface area contributed by atoms with Gasteiger partial charge in [0.15, 0.2) is 0 Å². The Morgan fingerprint density at radius 3 is 2.65 bits per heavy atom. The van der Waals surface area contributed by atoms with Gasteiger partial charge in [0.25, 0.3) is 0 Å². The van der Waals surface area contributed by atoms with Crippen LogP contribution in [-0.2, 0) is 27.2 Å². The van der Waals surface area contributed by atoms with Gasteiger partial charge in [-0.3, -0.25) is 0 Å². The average molecular weight is 661 g/mol. The number of ether oxygens (including phenoxy) is 5. The van der Waals surface area contributed by atoms with Gasteiger partial charge >= 0.3 is 6.09 Å². The molecule has 9 nitrogen and oxygen atoms in total. The molecule has 1 saturated heterocycles. The third-order valence-electron chi connectivity index (χ3n) is 8.85. The molecule has 0 aliphatic carbocycles. The van der Waals surface area contributed by atoms with Gasteiger partial charge in [-0.2, -0.15) is 0 Å². The summed E-state index contributed by atoms with van der Waals surface area (Å²) in [5, 5.41) is 13.5. The number of nitrogens with one attached hydrogen (secondary N) is 1. The summed E-state index contributed by atoms with van der Waals surface area (Å²) >= 11 is 0. The molecule has 260 valence electrons. The molecule has 1 fully saturated rings. The van der Waals surface area contributed by atoms with Crippen molar-refractivity contribution < 1.29 is 33.6 Å².